The van der Waals surface area contributed by atoms with Crippen LogP contribution in [0.1, 0.15) is 28.8 Å². The van der Waals surface area contributed by atoms with Crippen molar-refractivity contribution in [2.75, 3.05) is 6.54 Å². The van der Waals surface area contributed by atoms with Crippen LogP contribution in [-0.4, -0.2) is 42.0 Å². The van der Waals surface area contributed by atoms with E-state index in [0.717, 1.165) is 5.69 Å². The number of nitrogens with zero attached hydrogens (tertiary/aromatic N) is 5. The Balaban J connectivity index is 1.85. The molecule has 3 rings (SSSR count). The molecule has 0 fully saturated rings. The summed E-state index contributed by atoms with van der Waals surface area (Å²) in [6.07, 6.45) is 1.50. The van der Waals surface area contributed by atoms with E-state index >= 15 is 0 Å². The van der Waals surface area contributed by atoms with Crippen LogP contribution in [0.3, 0.4) is 0 Å². The van der Waals surface area contributed by atoms with E-state index in [9.17, 15) is 4.79 Å². The quantitative estimate of drug-likeness (QED) is 0.914. The summed E-state index contributed by atoms with van der Waals surface area (Å²) >= 11 is 6.08. The van der Waals surface area contributed by atoms with E-state index in [-0.39, 0.29) is 12.5 Å². The van der Waals surface area contributed by atoms with Crippen molar-refractivity contribution in [3.63, 3.8) is 0 Å². The Bertz CT molecular complexity index is 678. The van der Waals surface area contributed by atoms with Gasteiger partial charge in [0.2, 0.25) is 0 Å². The van der Waals surface area contributed by atoms with E-state index in [1.54, 1.807) is 9.58 Å². The summed E-state index contributed by atoms with van der Waals surface area (Å²) in [5, 5.41) is 17.9. The second kappa shape index (κ2) is 5.50. The maximum absolute atomic E-state index is 12.6. The van der Waals surface area contributed by atoms with Crippen molar-refractivity contribution in [1.29, 1.82) is 0 Å². The number of hydrogen-bond donors (Lipinski definition) is 1. The smallest absolute Gasteiger partial charge is 0.274 e. The lowest BCUT2D eigenvalue weighted by molar-refractivity contribution is 0.0693. The van der Waals surface area contributed by atoms with Gasteiger partial charge in [-0.2, -0.15) is 10.2 Å². The Hall–Kier alpha value is -1.86. The number of aliphatic hydroxyl groups excluding tert-OH is 1. The van der Waals surface area contributed by atoms with E-state index in [1.807, 2.05) is 17.7 Å². The zero-order chi connectivity index (χ0) is 15.0. The zero-order valence-electron chi connectivity index (χ0n) is 11.7. The zero-order valence-corrected chi connectivity index (χ0v) is 12.4. The van der Waals surface area contributed by atoms with Gasteiger partial charge in [0.1, 0.15) is 5.69 Å². The standard InChI is InChI=1S/C13H16ClN5O2/c1-2-18-12(11(14)6-15-18)13(21)17-3-4-19-10(7-17)5-9(8-20)16-19/h5-6,20H,2-4,7-8H2,1H3. The number of rotatable bonds is 3. The third-order valence-corrected chi connectivity index (χ3v) is 3.87. The second-order valence-electron chi connectivity index (χ2n) is 4.89. The Morgan fingerprint density at radius 1 is 1.48 bits per heavy atom. The van der Waals surface area contributed by atoms with Crippen LogP contribution in [0.4, 0.5) is 0 Å². The van der Waals surface area contributed by atoms with Crippen LogP contribution in [0.15, 0.2) is 12.3 Å². The maximum Gasteiger partial charge on any atom is 0.274 e. The first-order valence-electron chi connectivity index (χ1n) is 6.81. The summed E-state index contributed by atoms with van der Waals surface area (Å²) in [6.45, 7) is 4.04. The fourth-order valence-electron chi connectivity index (χ4n) is 2.54. The Morgan fingerprint density at radius 2 is 2.29 bits per heavy atom. The van der Waals surface area contributed by atoms with Crippen molar-refractivity contribution < 1.29 is 9.90 Å². The van der Waals surface area contributed by atoms with Crippen molar-refractivity contribution in [3.05, 3.63) is 34.4 Å². The number of aryl methyl sites for hydroxylation is 1. The molecule has 2 aromatic heterocycles. The molecular formula is C13H16ClN5O2. The first-order valence-corrected chi connectivity index (χ1v) is 7.19. The second-order valence-corrected chi connectivity index (χ2v) is 5.30. The number of carbonyl (C=O) groups excluding carboxylic acids is 1. The van der Waals surface area contributed by atoms with E-state index < -0.39 is 0 Å². The van der Waals surface area contributed by atoms with Crippen molar-refractivity contribution in [1.82, 2.24) is 24.5 Å². The third-order valence-electron chi connectivity index (χ3n) is 3.59. The first kappa shape index (κ1) is 14.1. The highest BCUT2D eigenvalue weighted by atomic mass is 35.5. The molecule has 7 nitrogen and oxygen atoms in total. The molecule has 0 aliphatic carbocycles. The summed E-state index contributed by atoms with van der Waals surface area (Å²) in [7, 11) is 0. The minimum absolute atomic E-state index is 0.0949. The van der Waals surface area contributed by atoms with Gasteiger partial charge in [0.15, 0.2) is 0 Å². The summed E-state index contributed by atoms with van der Waals surface area (Å²) in [5.41, 5.74) is 1.96. The normalized spacial score (nSPS) is 14.3. The summed E-state index contributed by atoms with van der Waals surface area (Å²) in [4.78, 5) is 14.4. The van der Waals surface area contributed by atoms with Crippen LogP contribution in [0.25, 0.3) is 0 Å². The largest absolute Gasteiger partial charge is 0.390 e. The number of carbonyl (C=O) groups is 1. The highest BCUT2D eigenvalue weighted by Gasteiger charge is 2.27. The topological polar surface area (TPSA) is 76.2 Å². The summed E-state index contributed by atoms with van der Waals surface area (Å²) in [6, 6.07) is 1.82. The van der Waals surface area contributed by atoms with Gasteiger partial charge in [-0.05, 0) is 13.0 Å². The lowest BCUT2D eigenvalue weighted by Crippen LogP contribution is -2.39. The molecule has 0 saturated heterocycles. The molecule has 0 aromatic carbocycles. The molecule has 0 radical (unpaired) electrons. The monoisotopic (exact) mass is 309 g/mol. The van der Waals surface area contributed by atoms with E-state index in [0.29, 0.717) is 42.6 Å². The van der Waals surface area contributed by atoms with Crippen LogP contribution in [-0.2, 0) is 26.2 Å². The Kier molecular flexibility index (Phi) is 3.69. The first-order chi connectivity index (χ1) is 10.1. The van der Waals surface area contributed by atoms with Gasteiger partial charge in [-0.3, -0.25) is 14.2 Å². The molecule has 0 spiro atoms. The Morgan fingerprint density at radius 3 is 3.00 bits per heavy atom. The predicted octanol–water partition coefficient (Wildman–Crippen LogP) is 0.901. The molecule has 0 saturated carbocycles. The molecule has 0 atom stereocenters. The lowest BCUT2D eigenvalue weighted by atomic mass is 10.2. The molecule has 21 heavy (non-hydrogen) atoms. The number of fused-ring (bicyclic) bond motifs is 1. The Labute approximate surface area is 126 Å². The van der Waals surface area contributed by atoms with Crippen molar-refractivity contribution in [3.8, 4) is 0 Å². The minimum Gasteiger partial charge on any atom is -0.390 e. The average molecular weight is 310 g/mol. The van der Waals surface area contributed by atoms with E-state index in [4.69, 9.17) is 16.7 Å². The van der Waals surface area contributed by atoms with Gasteiger partial charge in [-0.15, -0.1) is 0 Å². The lowest BCUT2D eigenvalue weighted by Gasteiger charge is -2.27. The predicted molar refractivity (Wildman–Crippen MR) is 75.8 cm³/mol. The van der Waals surface area contributed by atoms with Gasteiger partial charge >= 0.3 is 0 Å². The molecule has 8 heteroatoms. The SMILES string of the molecule is CCn1ncc(Cl)c1C(=O)N1CCn2nc(CO)cc2C1. The molecular weight excluding hydrogens is 294 g/mol. The third kappa shape index (κ3) is 2.43. The van der Waals surface area contributed by atoms with Crippen molar-refractivity contribution in [2.45, 2.75) is 33.2 Å². The molecule has 112 valence electrons. The number of amides is 1. The number of halogens is 1. The van der Waals surface area contributed by atoms with Gasteiger partial charge < -0.3 is 10.0 Å². The van der Waals surface area contributed by atoms with E-state index in [1.165, 1.54) is 6.20 Å². The fraction of sp³-hybridized carbons (Fsp3) is 0.462. The minimum atomic E-state index is -0.127. The number of aliphatic hydroxyl groups is 1. The summed E-state index contributed by atoms with van der Waals surface area (Å²) < 4.78 is 3.43. The molecule has 1 N–H and O–H groups in total. The van der Waals surface area contributed by atoms with Crippen LogP contribution < -0.4 is 0 Å². The molecule has 0 unspecified atom stereocenters. The van der Waals surface area contributed by atoms with Gasteiger partial charge in [0.25, 0.3) is 5.91 Å². The maximum atomic E-state index is 12.6. The van der Waals surface area contributed by atoms with Gasteiger partial charge in [-0.1, -0.05) is 11.6 Å². The number of hydrogen-bond acceptors (Lipinski definition) is 4. The van der Waals surface area contributed by atoms with Crippen LogP contribution >= 0.6 is 11.6 Å². The van der Waals surface area contributed by atoms with Crippen LogP contribution in [0.5, 0.6) is 0 Å². The van der Waals surface area contributed by atoms with Crippen LogP contribution in [0.2, 0.25) is 5.02 Å². The average Bonchev–Trinajstić information content (AvgIpc) is 3.08. The summed E-state index contributed by atoms with van der Waals surface area (Å²) in [5.74, 6) is -0.127. The molecule has 0 bridgehead atoms. The fourth-order valence-corrected chi connectivity index (χ4v) is 2.76. The molecule has 1 aliphatic rings. The molecule has 1 amide bonds. The highest BCUT2D eigenvalue weighted by molar-refractivity contribution is 6.33. The molecule has 2 aromatic rings. The van der Waals surface area contributed by atoms with Crippen LogP contribution in [0, 0.1) is 0 Å². The highest BCUT2D eigenvalue weighted by Crippen LogP contribution is 2.21. The van der Waals surface area contributed by atoms with Gasteiger partial charge in [0, 0.05) is 13.1 Å². The van der Waals surface area contributed by atoms with Crippen molar-refractivity contribution in [2.24, 2.45) is 0 Å². The molecule has 1 aliphatic heterocycles. The van der Waals surface area contributed by atoms with Gasteiger partial charge in [-0.25, -0.2) is 0 Å². The van der Waals surface area contributed by atoms with E-state index in [2.05, 4.69) is 10.2 Å². The van der Waals surface area contributed by atoms with Gasteiger partial charge in [0.05, 0.1) is 42.3 Å². The number of aromatic nitrogens is 4. The van der Waals surface area contributed by atoms with Crippen molar-refractivity contribution >= 4 is 17.5 Å². The molecule has 3 heterocycles.